The lowest BCUT2D eigenvalue weighted by Crippen LogP contribution is -2.58. The van der Waals surface area contributed by atoms with Crippen LogP contribution in [0.4, 0.5) is 0 Å². The Morgan fingerprint density at radius 3 is 2.62 bits per heavy atom. The second kappa shape index (κ2) is 7.34. The summed E-state index contributed by atoms with van der Waals surface area (Å²) < 4.78 is 0. The lowest BCUT2D eigenvalue weighted by molar-refractivity contribution is -0.137. The summed E-state index contributed by atoms with van der Waals surface area (Å²) in [5.74, 6) is -0.336. The zero-order valence-electron chi connectivity index (χ0n) is 14.0. The Bertz CT molecular complexity index is 590. The van der Waals surface area contributed by atoms with Crippen LogP contribution in [0.3, 0.4) is 0 Å². The molecule has 5 heteroatoms. The van der Waals surface area contributed by atoms with Crippen molar-refractivity contribution in [2.24, 2.45) is 0 Å². The lowest BCUT2D eigenvalue weighted by atomic mass is 9.66. The van der Waals surface area contributed by atoms with Crippen LogP contribution in [0.5, 0.6) is 0 Å². The van der Waals surface area contributed by atoms with Crippen molar-refractivity contribution >= 4 is 11.8 Å². The zero-order valence-corrected chi connectivity index (χ0v) is 14.0. The van der Waals surface area contributed by atoms with Gasteiger partial charge in [0.1, 0.15) is 6.04 Å². The van der Waals surface area contributed by atoms with Crippen LogP contribution in [-0.2, 0) is 15.0 Å². The Balaban J connectivity index is 1.88. The monoisotopic (exact) mass is 330 g/mol. The lowest BCUT2D eigenvalue weighted by Gasteiger charge is -2.41. The second-order valence-corrected chi connectivity index (χ2v) is 6.91. The molecule has 3 N–H and O–H groups in total. The van der Waals surface area contributed by atoms with E-state index in [0.717, 1.165) is 31.2 Å². The van der Waals surface area contributed by atoms with Crippen LogP contribution in [0.2, 0.25) is 0 Å². The molecule has 1 aromatic rings. The summed E-state index contributed by atoms with van der Waals surface area (Å²) in [4.78, 5) is 25.4. The molecule has 1 saturated heterocycles. The van der Waals surface area contributed by atoms with Crippen molar-refractivity contribution in [3.8, 4) is 0 Å². The molecule has 0 spiro atoms. The fourth-order valence-electron chi connectivity index (χ4n) is 3.99. The van der Waals surface area contributed by atoms with Crippen LogP contribution in [0.1, 0.15) is 50.5 Å². The van der Waals surface area contributed by atoms with Crippen LogP contribution >= 0.6 is 0 Å². The highest BCUT2D eigenvalue weighted by molar-refractivity contribution is 5.93. The maximum absolute atomic E-state index is 13.2. The number of carbonyl (C=O) groups is 2. The fourth-order valence-corrected chi connectivity index (χ4v) is 3.99. The number of nitrogens with one attached hydrogen (secondary N) is 2. The van der Waals surface area contributed by atoms with Gasteiger partial charge in [-0.25, -0.2) is 0 Å². The maximum atomic E-state index is 13.2. The smallest absolute Gasteiger partial charge is 0.242 e. The van der Waals surface area contributed by atoms with Gasteiger partial charge in [-0.3, -0.25) is 9.59 Å². The molecule has 2 aliphatic rings. The molecule has 1 aromatic carbocycles. The van der Waals surface area contributed by atoms with Crippen molar-refractivity contribution in [2.75, 3.05) is 6.54 Å². The van der Waals surface area contributed by atoms with Gasteiger partial charge in [-0.2, -0.15) is 0 Å². The average Bonchev–Trinajstić information content (AvgIpc) is 2.81. The Morgan fingerprint density at radius 1 is 1.12 bits per heavy atom. The molecule has 1 aliphatic heterocycles. The van der Waals surface area contributed by atoms with Gasteiger partial charge in [0.2, 0.25) is 11.8 Å². The molecular weight excluding hydrogens is 304 g/mol. The molecule has 3 rings (SSSR count). The first-order valence-corrected chi connectivity index (χ1v) is 8.97. The third-order valence-corrected chi connectivity index (χ3v) is 5.40. The van der Waals surface area contributed by atoms with Crippen LogP contribution in [-0.4, -0.2) is 35.6 Å². The molecule has 3 atom stereocenters. The van der Waals surface area contributed by atoms with E-state index < -0.39 is 17.6 Å². The highest BCUT2D eigenvalue weighted by Crippen LogP contribution is 2.40. The van der Waals surface area contributed by atoms with Crippen molar-refractivity contribution in [1.82, 2.24) is 10.6 Å². The average molecular weight is 330 g/mol. The Hall–Kier alpha value is -1.88. The number of rotatable bonds is 3. The SMILES string of the molecule is O=C1NCCCC[C@@H]1NC(=O)C1(c2ccccc2)CCCCC1O. The van der Waals surface area contributed by atoms with Gasteiger partial charge >= 0.3 is 0 Å². The summed E-state index contributed by atoms with van der Waals surface area (Å²) in [5.41, 5.74) is -0.116. The Labute approximate surface area is 142 Å². The molecule has 1 heterocycles. The summed E-state index contributed by atoms with van der Waals surface area (Å²) >= 11 is 0. The van der Waals surface area contributed by atoms with Gasteiger partial charge in [-0.1, -0.05) is 43.2 Å². The molecule has 2 fully saturated rings. The van der Waals surface area contributed by atoms with E-state index in [1.807, 2.05) is 30.3 Å². The summed E-state index contributed by atoms with van der Waals surface area (Å²) in [6, 6.07) is 8.99. The minimum absolute atomic E-state index is 0.116. The number of benzene rings is 1. The number of carbonyl (C=O) groups excluding carboxylic acids is 2. The summed E-state index contributed by atoms with van der Waals surface area (Å²) in [7, 11) is 0. The standard InChI is InChI=1S/C19H26N2O3/c22-16-11-4-6-12-19(16,14-8-2-1-3-9-14)18(24)21-15-10-5-7-13-20-17(15)23/h1-3,8-9,15-16,22H,4-7,10-13H2,(H,20,23)(H,21,24)/t15-,16?,19?/m0/s1. The molecule has 24 heavy (non-hydrogen) atoms. The van der Waals surface area contributed by atoms with E-state index >= 15 is 0 Å². The molecule has 1 aliphatic carbocycles. The first-order chi connectivity index (χ1) is 11.6. The quantitative estimate of drug-likeness (QED) is 0.788. The number of amides is 2. The second-order valence-electron chi connectivity index (χ2n) is 6.91. The molecule has 1 saturated carbocycles. The van der Waals surface area contributed by atoms with Gasteiger partial charge in [-0.05, 0) is 37.7 Å². The predicted octanol–water partition coefficient (Wildman–Crippen LogP) is 1.64. The van der Waals surface area contributed by atoms with E-state index in [1.54, 1.807) is 0 Å². The highest BCUT2D eigenvalue weighted by atomic mass is 16.3. The van der Waals surface area contributed by atoms with Crippen LogP contribution < -0.4 is 10.6 Å². The molecule has 130 valence electrons. The number of hydrogen-bond acceptors (Lipinski definition) is 3. The van der Waals surface area contributed by atoms with Gasteiger partial charge in [0, 0.05) is 6.54 Å². The van der Waals surface area contributed by atoms with Crippen molar-refractivity contribution in [1.29, 1.82) is 0 Å². The normalized spacial score (nSPS) is 31.0. The van der Waals surface area contributed by atoms with Gasteiger partial charge < -0.3 is 15.7 Å². The molecule has 5 nitrogen and oxygen atoms in total. The molecular formula is C19H26N2O3. The van der Waals surface area contributed by atoms with Gasteiger partial charge in [0.15, 0.2) is 0 Å². The number of aliphatic hydroxyl groups is 1. The molecule has 2 unspecified atom stereocenters. The summed E-state index contributed by atoms with van der Waals surface area (Å²) in [6.07, 6.45) is 4.82. The van der Waals surface area contributed by atoms with E-state index in [9.17, 15) is 14.7 Å². The van der Waals surface area contributed by atoms with Gasteiger partial charge in [0.05, 0.1) is 11.5 Å². The molecule has 0 radical (unpaired) electrons. The zero-order chi connectivity index (χ0) is 17.0. The first-order valence-electron chi connectivity index (χ1n) is 8.97. The van der Waals surface area contributed by atoms with E-state index in [4.69, 9.17) is 0 Å². The van der Waals surface area contributed by atoms with Crippen molar-refractivity contribution in [3.05, 3.63) is 35.9 Å². The van der Waals surface area contributed by atoms with Gasteiger partial charge in [0.25, 0.3) is 0 Å². The van der Waals surface area contributed by atoms with E-state index in [2.05, 4.69) is 10.6 Å². The van der Waals surface area contributed by atoms with Crippen molar-refractivity contribution in [3.63, 3.8) is 0 Å². The Kier molecular flexibility index (Phi) is 5.19. The van der Waals surface area contributed by atoms with E-state index in [0.29, 0.717) is 25.8 Å². The van der Waals surface area contributed by atoms with Crippen LogP contribution in [0.15, 0.2) is 30.3 Å². The minimum atomic E-state index is -0.952. The Morgan fingerprint density at radius 2 is 1.88 bits per heavy atom. The number of aliphatic hydroxyl groups excluding tert-OH is 1. The van der Waals surface area contributed by atoms with Crippen molar-refractivity contribution in [2.45, 2.75) is 62.5 Å². The molecule has 0 aromatic heterocycles. The predicted molar refractivity (Wildman–Crippen MR) is 91.4 cm³/mol. The molecule has 0 bridgehead atoms. The van der Waals surface area contributed by atoms with E-state index in [1.165, 1.54) is 0 Å². The number of hydrogen-bond donors (Lipinski definition) is 3. The third kappa shape index (κ3) is 3.18. The van der Waals surface area contributed by atoms with E-state index in [-0.39, 0.29) is 11.8 Å². The van der Waals surface area contributed by atoms with Crippen LogP contribution in [0.25, 0.3) is 0 Å². The maximum Gasteiger partial charge on any atom is 0.242 e. The fraction of sp³-hybridized carbons (Fsp3) is 0.579. The largest absolute Gasteiger partial charge is 0.392 e. The summed E-state index contributed by atoms with van der Waals surface area (Å²) in [5, 5.41) is 16.5. The third-order valence-electron chi connectivity index (χ3n) is 5.40. The highest BCUT2D eigenvalue weighted by Gasteiger charge is 2.48. The van der Waals surface area contributed by atoms with Crippen LogP contribution in [0, 0.1) is 0 Å². The van der Waals surface area contributed by atoms with Crippen molar-refractivity contribution < 1.29 is 14.7 Å². The molecule has 2 amide bonds. The summed E-state index contributed by atoms with van der Waals surface area (Å²) in [6.45, 7) is 0.664. The first kappa shape index (κ1) is 17.0. The topological polar surface area (TPSA) is 78.4 Å². The van der Waals surface area contributed by atoms with Gasteiger partial charge in [-0.15, -0.1) is 0 Å². The minimum Gasteiger partial charge on any atom is -0.392 e.